The molecule has 0 fully saturated rings. The van der Waals surface area contributed by atoms with E-state index in [2.05, 4.69) is 5.32 Å². The van der Waals surface area contributed by atoms with Crippen molar-refractivity contribution in [3.63, 3.8) is 0 Å². The molecule has 1 aromatic rings. The van der Waals surface area contributed by atoms with Crippen molar-refractivity contribution < 1.29 is 27.9 Å². The fourth-order valence-electron chi connectivity index (χ4n) is 3.75. The number of amides is 1. The van der Waals surface area contributed by atoms with Crippen LogP contribution in [0.15, 0.2) is 42.0 Å². The fraction of sp³-hybridized carbons (Fsp3) is 0.478. The van der Waals surface area contributed by atoms with Crippen molar-refractivity contribution in [2.75, 3.05) is 5.32 Å². The summed E-state index contributed by atoms with van der Waals surface area (Å²) in [5.41, 5.74) is 1.82. The van der Waals surface area contributed by atoms with Gasteiger partial charge in [-0.25, -0.2) is 0 Å². The van der Waals surface area contributed by atoms with Gasteiger partial charge in [0.15, 0.2) is 0 Å². The van der Waals surface area contributed by atoms with Gasteiger partial charge in [-0.2, -0.15) is 13.2 Å². The average molecular weight is 458 g/mol. The summed E-state index contributed by atoms with van der Waals surface area (Å²) in [5.74, 6) is -5.88. The summed E-state index contributed by atoms with van der Waals surface area (Å²) in [4.78, 5) is 24.0. The molecule has 1 amide bonds. The highest BCUT2D eigenvalue weighted by Crippen LogP contribution is 2.40. The highest BCUT2D eigenvalue weighted by atomic mass is 35.5. The minimum Gasteiger partial charge on any atom is -0.481 e. The van der Waals surface area contributed by atoms with Crippen LogP contribution in [-0.2, 0) is 9.59 Å². The first-order valence-corrected chi connectivity index (χ1v) is 10.6. The molecular weight excluding hydrogens is 431 g/mol. The Morgan fingerprint density at radius 1 is 1.29 bits per heavy atom. The third-order valence-corrected chi connectivity index (χ3v) is 6.06. The molecule has 1 aliphatic rings. The normalized spacial score (nSPS) is 19.3. The monoisotopic (exact) mass is 457 g/mol. The Bertz CT molecular complexity index is 879. The average Bonchev–Trinajstić information content (AvgIpc) is 2.69. The summed E-state index contributed by atoms with van der Waals surface area (Å²) >= 11 is 6.17. The molecule has 0 aromatic heterocycles. The zero-order valence-electron chi connectivity index (χ0n) is 17.7. The van der Waals surface area contributed by atoms with Crippen LogP contribution in [0.5, 0.6) is 0 Å². The minimum atomic E-state index is -4.54. The second-order valence-corrected chi connectivity index (χ2v) is 8.38. The summed E-state index contributed by atoms with van der Waals surface area (Å²) in [7, 11) is 0. The summed E-state index contributed by atoms with van der Waals surface area (Å²) in [6, 6.07) is 4.67. The molecule has 1 aromatic carbocycles. The lowest BCUT2D eigenvalue weighted by Gasteiger charge is -2.31. The Labute approximate surface area is 185 Å². The molecule has 4 nitrogen and oxygen atoms in total. The number of aliphatic carboxylic acids is 1. The molecule has 2 rings (SSSR count). The standard InChI is InChI=1S/C23H27ClF3NO3/c1-4-15-5-7-16(8-6-15)21(14(3)23(25,26)27)22(31)28-19-12-17(9-10-18(19)24)13(2)11-20(29)30/h5-7,9-10,12-14,16,21H,4,8,11H2,1-3H3,(H,28,31)(H,29,30)/t13-,14-,16?,21+/m1/s1. The molecule has 170 valence electrons. The summed E-state index contributed by atoms with van der Waals surface area (Å²) in [6.07, 6.45) is 1.79. The van der Waals surface area contributed by atoms with E-state index in [-0.39, 0.29) is 23.0 Å². The van der Waals surface area contributed by atoms with E-state index >= 15 is 0 Å². The Balaban J connectivity index is 2.31. The molecule has 0 heterocycles. The van der Waals surface area contributed by atoms with Gasteiger partial charge in [0.05, 0.1) is 29.0 Å². The van der Waals surface area contributed by atoms with Crippen LogP contribution in [0.4, 0.5) is 18.9 Å². The van der Waals surface area contributed by atoms with Crippen LogP contribution in [0.2, 0.25) is 5.02 Å². The van der Waals surface area contributed by atoms with E-state index in [1.54, 1.807) is 25.1 Å². The third kappa shape index (κ3) is 6.60. The van der Waals surface area contributed by atoms with Crippen molar-refractivity contribution >= 4 is 29.2 Å². The van der Waals surface area contributed by atoms with Gasteiger partial charge < -0.3 is 10.4 Å². The molecule has 0 spiro atoms. The molecule has 2 N–H and O–H groups in total. The first kappa shape index (κ1) is 25.0. The van der Waals surface area contributed by atoms with Crippen LogP contribution in [0.25, 0.3) is 0 Å². The molecule has 31 heavy (non-hydrogen) atoms. The van der Waals surface area contributed by atoms with Crippen molar-refractivity contribution in [3.05, 3.63) is 52.6 Å². The lowest BCUT2D eigenvalue weighted by atomic mass is 9.77. The summed E-state index contributed by atoms with van der Waals surface area (Å²) in [6.45, 7) is 4.69. The Morgan fingerprint density at radius 3 is 2.48 bits per heavy atom. The predicted octanol–water partition coefficient (Wildman–Crippen LogP) is 6.58. The van der Waals surface area contributed by atoms with E-state index in [0.717, 1.165) is 18.9 Å². The molecule has 1 aliphatic carbocycles. The largest absolute Gasteiger partial charge is 0.481 e. The van der Waals surface area contributed by atoms with Crippen molar-refractivity contribution in [1.82, 2.24) is 0 Å². The van der Waals surface area contributed by atoms with Gasteiger partial charge in [-0.15, -0.1) is 0 Å². The number of carboxylic acids is 1. The fourth-order valence-corrected chi connectivity index (χ4v) is 3.91. The van der Waals surface area contributed by atoms with E-state index < -0.39 is 35.8 Å². The molecule has 0 saturated heterocycles. The smallest absolute Gasteiger partial charge is 0.392 e. The van der Waals surface area contributed by atoms with Crippen LogP contribution in [-0.4, -0.2) is 23.2 Å². The topological polar surface area (TPSA) is 66.4 Å². The lowest BCUT2D eigenvalue weighted by Crippen LogP contribution is -2.40. The van der Waals surface area contributed by atoms with Crippen molar-refractivity contribution in [3.8, 4) is 0 Å². The number of nitrogens with one attached hydrogen (secondary N) is 1. The Morgan fingerprint density at radius 2 is 1.97 bits per heavy atom. The Kier molecular flexibility index (Phi) is 8.34. The number of benzene rings is 1. The first-order chi connectivity index (χ1) is 14.4. The highest BCUT2D eigenvalue weighted by molar-refractivity contribution is 6.33. The molecule has 0 bridgehead atoms. The SMILES string of the molecule is CCC1=CCC([C@@H](C(=O)Nc2cc([C@H](C)CC(=O)O)ccc2Cl)[C@@H](C)C(F)(F)F)C=C1. The summed E-state index contributed by atoms with van der Waals surface area (Å²) < 4.78 is 40.7. The van der Waals surface area contributed by atoms with Crippen molar-refractivity contribution in [1.29, 1.82) is 0 Å². The molecule has 1 unspecified atom stereocenters. The highest BCUT2D eigenvalue weighted by Gasteiger charge is 2.46. The van der Waals surface area contributed by atoms with E-state index in [0.29, 0.717) is 12.0 Å². The van der Waals surface area contributed by atoms with Crippen LogP contribution in [0.1, 0.15) is 51.5 Å². The second kappa shape index (κ2) is 10.4. The van der Waals surface area contributed by atoms with E-state index in [9.17, 15) is 22.8 Å². The number of alkyl halides is 3. The maximum atomic E-state index is 13.6. The molecule has 0 aliphatic heterocycles. The van der Waals surface area contributed by atoms with Crippen LogP contribution in [0, 0.1) is 17.8 Å². The number of hydrogen-bond donors (Lipinski definition) is 2. The Hall–Kier alpha value is -2.28. The van der Waals surface area contributed by atoms with Crippen molar-refractivity contribution in [2.45, 2.75) is 52.1 Å². The molecule has 0 saturated carbocycles. The number of rotatable bonds is 8. The van der Waals surface area contributed by atoms with Gasteiger partial charge in [-0.1, -0.05) is 62.2 Å². The zero-order chi connectivity index (χ0) is 23.3. The predicted molar refractivity (Wildman–Crippen MR) is 115 cm³/mol. The quantitative estimate of drug-likeness (QED) is 0.463. The van der Waals surface area contributed by atoms with Crippen LogP contribution < -0.4 is 5.32 Å². The lowest BCUT2D eigenvalue weighted by molar-refractivity contribution is -0.188. The molecule has 8 heteroatoms. The van der Waals surface area contributed by atoms with E-state index in [1.165, 1.54) is 12.1 Å². The molecule has 0 radical (unpaired) electrons. The second-order valence-electron chi connectivity index (χ2n) is 7.97. The molecule has 4 atom stereocenters. The number of allylic oxidation sites excluding steroid dienone is 4. The van der Waals surface area contributed by atoms with Gasteiger partial charge in [0.25, 0.3) is 0 Å². The maximum Gasteiger partial charge on any atom is 0.392 e. The number of carbonyl (C=O) groups is 2. The van der Waals surface area contributed by atoms with Gasteiger partial charge in [0.1, 0.15) is 0 Å². The van der Waals surface area contributed by atoms with Crippen molar-refractivity contribution in [2.24, 2.45) is 17.8 Å². The summed E-state index contributed by atoms with van der Waals surface area (Å²) in [5, 5.41) is 11.7. The number of carboxylic acid groups (broad SMARTS) is 1. The number of anilines is 1. The third-order valence-electron chi connectivity index (χ3n) is 5.74. The van der Waals surface area contributed by atoms with E-state index in [4.69, 9.17) is 16.7 Å². The zero-order valence-corrected chi connectivity index (χ0v) is 18.4. The maximum absolute atomic E-state index is 13.6. The first-order valence-electron chi connectivity index (χ1n) is 10.2. The number of halogens is 4. The van der Waals surface area contributed by atoms with E-state index in [1.807, 2.05) is 13.0 Å². The van der Waals surface area contributed by atoms with Gasteiger partial charge in [-0.05, 0) is 42.4 Å². The molecular formula is C23H27ClF3NO3. The van der Waals surface area contributed by atoms with Gasteiger partial charge in [-0.3, -0.25) is 9.59 Å². The van der Waals surface area contributed by atoms with Crippen LogP contribution in [0.3, 0.4) is 0 Å². The van der Waals surface area contributed by atoms with Gasteiger partial charge in [0, 0.05) is 0 Å². The van der Waals surface area contributed by atoms with Crippen LogP contribution >= 0.6 is 11.6 Å². The number of carbonyl (C=O) groups excluding carboxylic acids is 1. The minimum absolute atomic E-state index is 0.123. The van der Waals surface area contributed by atoms with Gasteiger partial charge >= 0.3 is 12.1 Å². The van der Waals surface area contributed by atoms with Gasteiger partial charge in [0.2, 0.25) is 5.91 Å². The number of hydrogen-bond acceptors (Lipinski definition) is 2.